The van der Waals surface area contributed by atoms with Crippen LogP contribution in [0.4, 0.5) is 0 Å². The standard InChI is InChI=1S/C18H20N4O2S/c1-12-6-4-7-15(10-12)22-14(3)20-21-18(22)25-11-17(23)19-13(2)16-8-5-9-24-16/h4-10,13H,11H2,1-3H3,(H,19,23)/t13-/m0/s1. The van der Waals surface area contributed by atoms with Crippen LogP contribution in [0, 0.1) is 13.8 Å². The molecule has 0 bridgehead atoms. The first-order chi connectivity index (χ1) is 12.0. The van der Waals surface area contributed by atoms with E-state index < -0.39 is 0 Å². The maximum absolute atomic E-state index is 12.2. The van der Waals surface area contributed by atoms with Crippen molar-refractivity contribution in [1.82, 2.24) is 20.1 Å². The zero-order valence-corrected chi connectivity index (χ0v) is 15.2. The predicted molar refractivity (Wildman–Crippen MR) is 96.8 cm³/mol. The first-order valence-electron chi connectivity index (χ1n) is 7.99. The van der Waals surface area contributed by atoms with Crippen LogP contribution >= 0.6 is 11.8 Å². The Balaban J connectivity index is 1.67. The molecule has 25 heavy (non-hydrogen) atoms. The Bertz CT molecular complexity index is 858. The third-order valence-electron chi connectivity index (χ3n) is 3.73. The third-order valence-corrected chi connectivity index (χ3v) is 4.66. The molecule has 6 nitrogen and oxygen atoms in total. The summed E-state index contributed by atoms with van der Waals surface area (Å²) in [5.41, 5.74) is 2.15. The highest BCUT2D eigenvalue weighted by molar-refractivity contribution is 7.99. The van der Waals surface area contributed by atoms with Crippen LogP contribution in [0.15, 0.2) is 52.2 Å². The van der Waals surface area contributed by atoms with E-state index >= 15 is 0 Å². The Morgan fingerprint density at radius 1 is 1.28 bits per heavy atom. The van der Waals surface area contributed by atoms with Gasteiger partial charge in [0.2, 0.25) is 5.91 Å². The van der Waals surface area contributed by atoms with Crippen molar-refractivity contribution >= 4 is 17.7 Å². The van der Waals surface area contributed by atoms with Crippen molar-refractivity contribution in [3.63, 3.8) is 0 Å². The second-order valence-corrected chi connectivity index (χ2v) is 6.74. The van der Waals surface area contributed by atoms with E-state index in [2.05, 4.69) is 21.6 Å². The van der Waals surface area contributed by atoms with E-state index in [1.165, 1.54) is 11.8 Å². The fraction of sp³-hybridized carbons (Fsp3) is 0.278. The van der Waals surface area contributed by atoms with E-state index in [0.29, 0.717) is 5.16 Å². The molecule has 0 spiro atoms. The molecule has 3 rings (SSSR count). The van der Waals surface area contributed by atoms with Crippen molar-refractivity contribution in [2.75, 3.05) is 5.75 Å². The van der Waals surface area contributed by atoms with E-state index in [9.17, 15) is 4.79 Å². The molecule has 0 saturated heterocycles. The zero-order valence-electron chi connectivity index (χ0n) is 14.4. The molecular formula is C18H20N4O2S. The molecule has 2 heterocycles. The highest BCUT2D eigenvalue weighted by Crippen LogP contribution is 2.22. The summed E-state index contributed by atoms with van der Waals surface area (Å²) in [5, 5.41) is 12.0. The first-order valence-corrected chi connectivity index (χ1v) is 8.98. The van der Waals surface area contributed by atoms with Crippen LogP contribution in [0.2, 0.25) is 0 Å². The number of thioether (sulfide) groups is 1. The lowest BCUT2D eigenvalue weighted by Gasteiger charge is -2.12. The largest absolute Gasteiger partial charge is 0.467 e. The van der Waals surface area contributed by atoms with Crippen molar-refractivity contribution in [3.8, 4) is 5.69 Å². The molecule has 1 amide bonds. The summed E-state index contributed by atoms with van der Waals surface area (Å²) in [5.74, 6) is 1.70. The number of hydrogen-bond donors (Lipinski definition) is 1. The van der Waals surface area contributed by atoms with E-state index in [1.807, 2.05) is 49.6 Å². The maximum atomic E-state index is 12.2. The van der Waals surface area contributed by atoms with Crippen molar-refractivity contribution in [3.05, 3.63) is 59.8 Å². The van der Waals surface area contributed by atoms with Crippen LogP contribution in [0.3, 0.4) is 0 Å². The predicted octanol–water partition coefficient (Wildman–Crippen LogP) is 3.45. The van der Waals surface area contributed by atoms with E-state index in [0.717, 1.165) is 22.8 Å². The molecular weight excluding hydrogens is 336 g/mol. The van der Waals surface area contributed by atoms with Gasteiger partial charge in [0, 0.05) is 5.69 Å². The van der Waals surface area contributed by atoms with Gasteiger partial charge >= 0.3 is 0 Å². The minimum absolute atomic E-state index is 0.0784. The Labute approximate surface area is 150 Å². The van der Waals surface area contributed by atoms with Crippen molar-refractivity contribution in [1.29, 1.82) is 0 Å². The fourth-order valence-electron chi connectivity index (χ4n) is 2.52. The average Bonchev–Trinajstić information content (AvgIpc) is 3.22. The van der Waals surface area contributed by atoms with Crippen LogP contribution in [0.25, 0.3) is 5.69 Å². The average molecular weight is 356 g/mol. The van der Waals surface area contributed by atoms with Crippen LogP contribution < -0.4 is 5.32 Å². The molecule has 0 aliphatic carbocycles. The minimum atomic E-state index is -0.167. The summed E-state index contributed by atoms with van der Waals surface area (Å²) in [4.78, 5) is 12.2. The molecule has 0 fully saturated rings. The Kier molecular flexibility index (Phi) is 5.23. The van der Waals surface area contributed by atoms with Gasteiger partial charge in [-0.1, -0.05) is 23.9 Å². The first kappa shape index (κ1) is 17.3. The molecule has 0 aliphatic heterocycles. The lowest BCUT2D eigenvalue weighted by Crippen LogP contribution is -2.28. The summed E-state index contributed by atoms with van der Waals surface area (Å²) >= 11 is 1.36. The molecule has 1 N–H and O–H groups in total. The third kappa shape index (κ3) is 4.11. The molecule has 2 aromatic heterocycles. The van der Waals surface area contributed by atoms with Crippen LogP contribution in [-0.4, -0.2) is 26.4 Å². The monoisotopic (exact) mass is 356 g/mol. The number of carbonyl (C=O) groups is 1. The maximum Gasteiger partial charge on any atom is 0.231 e. The number of benzene rings is 1. The molecule has 0 saturated carbocycles. The van der Waals surface area contributed by atoms with Crippen molar-refractivity contribution < 1.29 is 9.21 Å². The topological polar surface area (TPSA) is 73.0 Å². The second kappa shape index (κ2) is 7.57. The number of aromatic nitrogens is 3. The number of amides is 1. The van der Waals surface area contributed by atoms with Gasteiger partial charge in [0.15, 0.2) is 5.16 Å². The summed E-state index contributed by atoms with van der Waals surface area (Å²) in [6.07, 6.45) is 1.60. The number of aryl methyl sites for hydroxylation is 2. The summed E-state index contributed by atoms with van der Waals surface area (Å²) in [6, 6.07) is 11.6. The molecule has 1 aromatic carbocycles. The number of rotatable bonds is 6. The SMILES string of the molecule is Cc1cccc(-n2c(C)nnc2SCC(=O)N[C@@H](C)c2ccco2)c1. The molecule has 130 valence electrons. The van der Waals surface area contributed by atoms with Gasteiger partial charge in [0.1, 0.15) is 11.6 Å². The molecule has 3 aromatic rings. The number of nitrogens with zero attached hydrogens (tertiary/aromatic N) is 3. The van der Waals surface area contributed by atoms with Crippen LogP contribution in [0.1, 0.15) is 30.1 Å². The quantitative estimate of drug-likeness (QED) is 0.685. The highest BCUT2D eigenvalue weighted by Gasteiger charge is 2.16. The van der Waals surface area contributed by atoms with E-state index in [-0.39, 0.29) is 17.7 Å². The Morgan fingerprint density at radius 2 is 2.12 bits per heavy atom. The molecule has 7 heteroatoms. The summed E-state index contributed by atoms with van der Waals surface area (Å²) < 4.78 is 7.26. The molecule has 1 atom stereocenters. The minimum Gasteiger partial charge on any atom is -0.467 e. The highest BCUT2D eigenvalue weighted by atomic mass is 32.2. The fourth-order valence-corrected chi connectivity index (χ4v) is 3.33. The van der Waals surface area contributed by atoms with Gasteiger partial charge < -0.3 is 9.73 Å². The van der Waals surface area contributed by atoms with E-state index in [4.69, 9.17) is 4.42 Å². The van der Waals surface area contributed by atoms with Gasteiger partial charge in [-0.25, -0.2) is 0 Å². The van der Waals surface area contributed by atoms with Gasteiger partial charge in [0.05, 0.1) is 18.1 Å². The van der Waals surface area contributed by atoms with Gasteiger partial charge in [-0.05, 0) is 50.6 Å². The molecule has 0 radical (unpaired) electrons. The van der Waals surface area contributed by atoms with Gasteiger partial charge in [-0.15, -0.1) is 10.2 Å². The van der Waals surface area contributed by atoms with Crippen molar-refractivity contribution in [2.24, 2.45) is 0 Å². The van der Waals surface area contributed by atoms with Gasteiger partial charge in [-0.2, -0.15) is 0 Å². The van der Waals surface area contributed by atoms with Crippen molar-refractivity contribution in [2.45, 2.75) is 32.0 Å². The zero-order chi connectivity index (χ0) is 17.8. The van der Waals surface area contributed by atoms with Crippen LogP contribution in [-0.2, 0) is 4.79 Å². The van der Waals surface area contributed by atoms with E-state index in [1.54, 1.807) is 12.3 Å². The second-order valence-electron chi connectivity index (χ2n) is 5.80. The summed E-state index contributed by atoms with van der Waals surface area (Å²) in [6.45, 7) is 5.83. The Hall–Kier alpha value is -2.54. The smallest absolute Gasteiger partial charge is 0.231 e. The summed E-state index contributed by atoms with van der Waals surface area (Å²) in [7, 11) is 0. The number of hydrogen-bond acceptors (Lipinski definition) is 5. The van der Waals surface area contributed by atoms with Gasteiger partial charge in [-0.3, -0.25) is 9.36 Å². The molecule has 0 unspecified atom stereocenters. The number of carbonyl (C=O) groups excluding carboxylic acids is 1. The van der Waals surface area contributed by atoms with Crippen LogP contribution in [0.5, 0.6) is 0 Å². The molecule has 0 aliphatic rings. The Morgan fingerprint density at radius 3 is 2.84 bits per heavy atom. The number of nitrogens with one attached hydrogen (secondary N) is 1. The number of furan rings is 1. The lowest BCUT2D eigenvalue weighted by molar-refractivity contribution is -0.119. The normalized spacial score (nSPS) is 12.1. The van der Waals surface area contributed by atoms with Gasteiger partial charge in [0.25, 0.3) is 0 Å². The lowest BCUT2D eigenvalue weighted by atomic mass is 10.2.